The molecule has 0 bridgehead atoms. The van der Waals surface area contributed by atoms with Crippen molar-refractivity contribution in [3.05, 3.63) is 51.8 Å². The van der Waals surface area contributed by atoms with Gasteiger partial charge in [0.15, 0.2) is 0 Å². The molecule has 3 amide bonds. The number of hydrogen-bond donors (Lipinski definition) is 4. The number of fused-ring (bicyclic) bond motifs is 2. The van der Waals surface area contributed by atoms with Crippen LogP contribution in [0.2, 0.25) is 0 Å². The summed E-state index contributed by atoms with van der Waals surface area (Å²) in [5, 5.41) is 13.2. The third kappa shape index (κ3) is 4.39. The number of aryl methyl sites for hydroxylation is 1. The van der Waals surface area contributed by atoms with E-state index in [0.29, 0.717) is 5.56 Å². The van der Waals surface area contributed by atoms with Gasteiger partial charge in [0.1, 0.15) is 0 Å². The summed E-state index contributed by atoms with van der Waals surface area (Å²) in [6, 6.07) is 3.61. The minimum atomic E-state index is -2.62. The van der Waals surface area contributed by atoms with Crippen molar-refractivity contribution in [3.63, 3.8) is 0 Å². The quantitative estimate of drug-likeness (QED) is 0.508. The minimum Gasteiger partial charge on any atom is -0.386 e. The van der Waals surface area contributed by atoms with Gasteiger partial charge in [0.25, 0.3) is 0 Å². The standard InChI is InChI=1S/C24H30N4O4S/c1-23(2)11-10-16-19(14-6-5-7-17(14)26-20(16)23)27-22(30)28-33(32)18-12-13(24(3,4)31)8-9-15(18)21(25)29/h8-9,12,31,33H,5-7,10-11H2,1-4H3,(H2,25,29)(H,26,27,30). The molecule has 9 heteroatoms. The number of thiol groups is 1. The molecule has 33 heavy (non-hydrogen) atoms. The number of nitrogens with two attached hydrogens (primary N) is 1. The Morgan fingerprint density at radius 1 is 1.21 bits per heavy atom. The molecule has 4 N–H and O–H groups in total. The molecule has 0 saturated carbocycles. The number of aliphatic hydroxyl groups is 1. The van der Waals surface area contributed by atoms with Gasteiger partial charge in [-0.05, 0) is 74.8 Å². The van der Waals surface area contributed by atoms with Crippen molar-refractivity contribution in [1.29, 1.82) is 0 Å². The number of aromatic nitrogens is 1. The van der Waals surface area contributed by atoms with Crippen molar-refractivity contribution in [1.82, 2.24) is 4.98 Å². The predicted octanol–water partition coefficient (Wildman–Crippen LogP) is 3.38. The van der Waals surface area contributed by atoms with Gasteiger partial charge in [-0.25, -0.2) is 9.00 Å². The van der Waals surface area contributed by atoms with Crippen LogP contribution < -0.4 is 11.1 Å². The maximum Gasteiger partial charge on any atom is 0.353 e. The van der Waals surface area contributed by atoms with Gasteiger partial charge in [0.2, 0.25) is 5.91 Å². The van der Waals surface area contributed by atoms with E-state index in [-0.39, 0.29) is 15.9 Å². The Kier molecular flexibility index (Phi) is 5.82. The summed E-state index contributed by atoms with van der Waals surface area (Å²) in [7, 11) is -2.62. The van der Waals surface area contributed by atoms with Gasteiger partial charge in [0.05, 0.1) is 38.0 Å². The van der Waals surface area contributed by atoms with Gasteiger partial charge in [-0.3, -0.25) is 9.78 Å². The Labute approximate surface area is 195 Å². The third-order valence-electron chi connectivity index (χ3n) is 6.56. The second kappa shape index (κ2) is 8.22. The molecule has 0 fully saturated rings. The van der Waals surface area contributed by atoms with Crippen LogP contribution in [0, 0.1) is 0 Å². The fourth-order valence-corrected chi connectivity index (χ4v) is 5.64. The summed E-state index contributed by atoms with van der Waals surface area (Å²) >= 11 is 0. The molecule has 8 nitrogen and oxygen atoms in total. The van der Waals surface area contributed by atoms with Crippen LogP contribution in [0.4, 0.5) is 10.5 Å². The molecule has 176 valence electrons. The summed E-state index contributed by atoms with van der Waals surface area (Å²) in [4.78, 5) is 29.7. The summed E-state index contributed by atoms with van der Waals surface area (Å²) in [6.45, 7) is 7.44. The van der Waals surface area contributed by atoms with E-state index in [2.05, 4.69) is 23.5 Å². The second-order valence-electron chi connectivity index (χ2n) is 9.93. The van der Waals surface area contributed by atoms with E-state index in [1.54, 1.807) is 13.8 Å². The average molecular weight is 471 g/mol. The predicted molar refractivity (Wildman–Crippen MR) is 127 cm³/mol. The number of rotatable bonds is 4. The largest absolute Gasteiger partial charge is 0.386 e. The topological polar surface area (TPSA) is 135 Å². The molecule has 2 aliphatic carbocycles. The number of carbonyl (C=O) groups is 2. The molecule has 1 unspecified atom stereocenters. The van der Waals surface area contributed by atoms with Crippen molar-refractivity contribution in [2.24, 2.45) is 10.1 Å². The van der Waals surface area contributed by atoms with E-state index < -0.39 is 28.1 Å². The van der Waals surface area contributed by atoms with E-state index in [1.807, 2.05) is 0 Å². The molecule has 1 aromatic heterocycles. The lowest BCUT2D eigenvalue weighted by atomic mass is 9.90. The third-order valence-corrected chi connectivity index (χ3v) is 7.70. The summed E-state index contributed by atoms with van der Waals surface area (Å²) < 4.78 is 16.9. The van der Waals surface area contributed by atoms with Crippen LogP contribution >= 0.6 is 0 Å². The fraction of sp³-hybridized carbons (Fsp3) is 0.458. The van der Waals surface area contributed by atoms with Crippen molar-refractivity contribution in [2.45, 2.75) is 75.7 Å². The molecular formula is C24H30N4O4S. The first-order chi connectivity index (χ1) is 15.4. The zero-order valence-electron chi connectivity index (χ0n) is 19.4. The zero-order valence-corrected chi connectivity index (χ0v) is 20.3. The number of carbonyl (C=O) groups excluding carboxylic acids is 2. The lowest BCUT2D eigenvalue weighted by Gasteiger charge is -2.20. The molecule has 1 atom stereocenters. The first-order valence-electron chi connectivity index (χ1n) is 11.1. The maximum atomic E-state index is 13.0. The smallest absolute Gasteiger partial charge is 0.353 e. The number of urea groups is 1. The van der Waals surface area contributed by atoms with E-state index in [9.17, 15) is 18.9 Å². The van der Waals surface area contributed by atoms with Crippen molar-refractivity contribution in [2.75, 3.05) is 5.32 Å². The van der Waals surface area contributed by atoms with Gasteiger partial charge in [0, 0.05) is 11.1 Å². The van der Waals surface area contributed by atoms with Crippen molar-refractivity contribution < 1.29 is 18.9 Å². The maximum absolute atomic E-state index is 13.0. The second-order valence-corrected chi connectivity index (χ2v) is 11.2. The summed E-state index contributed by atoms with van der Waals surface area (Å²) in [6.07, 6.45) is 4.43. The molecule has 1 aromatic carbocycles. The lowest BCUT2D eigenvalue weighted by molar-refractivity contribution is 0.0782. The Balaban J connectivity index is 1.72. The highest BCUT2D eigenvalue weighted by atomic mass is 32.2. The Hall–Kier alpha value is -2.78. The monoisotopic (exact) mass is 470 g/mol. The summed E-state index contributed by atoms with van der Waals surface area (Å²) in [5.41, 5.74) is 9.42. The highest BCUT2D eigenvalue weighted by Gasteiger charge is 2.36. The number of primary amides is 1. The van der Waals surface area contributed by atoms with E-state index in [4.69, 9.17) is 10.7 Å². The van der Waals surface area contributed by atoms with Crippen LogP contribution in [0.3, 0.4) is 0 Å². The average Bonchev–Trinajstić information content (AvgIpc) is 3.31. The molecule has 1 heterocycles. The first kappa shape index (κ1) is 23.4. The number of pyridine rings is 1. The molecular weight excluding hydrogens is 440 g/mol. The van der Waals surface area contributed by atoms with Crippen molar-refractivity contribution >= 4 is 28.2 Å². The van der Waals surface area contributed by atoms with Crippen molar-refractivity contribution in [3.8, 4) is 0 Å². The number of nitrogens with one attached hydrogen (secondary N) is 1. The molecule has 2 aromatic rings. The van der Waals surface area contributed by atoms with Gasteiger partial charge < -0.3 is 16.2 Å². The van der Waals surface area contributed by atoms with E-state index >= 15 is 0 Å². The van der Waals surface area contributed by atoms with Gasteiger partial charge in [-0.1, -0.05) is 19.9 Å². The zero-order chi connectivity index (χ0) is 24.1. The van der Waals surface area contributed by atoms with Gasteiger partial charge in [-0.15, -0.1) is 4.36 Å². The van der Waals surface area contributed by atoms with Crippen LogP contribution in [-0.2, 0) is 40.9 Å². The van der Waals surface area contributed by atoms with Crippen LogP contribution in [-0.4, -0.2) is 26.2 Å². The normalized spacial score (nSPS) is 17.5. The Bertz CT molecular complexity index is 1250. The SMILES string of the molecule is CC(C)(O)c1ccc(C(N)=O)c(/[SH](=O)=N/C(=O)Nc2c3c(nc4c2CCC4(C)C)CCC3)c1. The molecule has 0 radical (unpaired) electrons. The van der Waals surface area contributed by atoms with Gasteiger partial charge >= 0.3 is 6.03 Å². The number of benzene rings is 1. The fourth-order valence-electron chi connectivity index (χ4n) is 4.68. The molecule has 0 aliphatic heterocycles. The first-order valence-corrected chi connectivity index (χ1v) is 12.3. The number of amides is 3. The molecule has 0 saturated heterocycles. The molecule has 4 rings (SSSR count). The summed E-state index contributed by atoms with van der Waals surface area (Å²) in [5.74, 6) is -0.779. The van der Waals surface area contributed by atoms with E-state index in [0.717, 1.165) is 60.3 Å². The van der Waals surface area contributed by atoms with E-state index in [1.165, 1.54) is 18.2 Å². The highest BCUT2D eigenvalue weighted by molar-refractivity contribution is 7.75. The number of hydrogen-bond acceptors (Lipinski definition) is 5. The lowest BCUT2D eigenvalue weighted by Crippen LogP contribution is -2.19. The Morgan fingerprint density at radius 2 is 1.94 bits per heavy atom. The van der Waals surface area contributed by atoms with Crippen LogP contribution in [0.1, 0.15) is 79.0 Å². The van der Waals surface area contributed by atoms with Crippen LogP contribution in [0.25, 0.3) is 0 Å². The molecule has 2 aliphatic rings. The van der Waals surface area contributed by atoms with Crippen LogP contribution in [0.15, 0.2) is 27.5 Å². The number of anilines is 1. The minimum absolute atomic E-state index is 0.00750. The van der Waals surface area contributed by atoms with Crippen LogP contribution in [0.5, 0.6) is 0 Å². The highest BCUT2D eigenvalue weighted by Crippen LogP contribution is 2.44. The number of nitrogens with zero attached hydrogens (tertiary/aromatic N) is 2. The molecule has 0 spiro atoms. The van der Waals surface area contributed by atoms with Gasteiger partial charge in [-0.2, -0.15) is 0 Å². The Morgan fingerprint density at radius 3 is 2.61 bits per heavy atom.